The lowest BCUT2D eigenvalue weighted by atomic mass is 10.1. The van der Waals surface area contributed by atoms with Crippen LogP contribution in [0, 0.1) is 0 Å². The van der Waals surface area contributed by atoms with Gasteiger partial charge in [0.1, 0.15) is 22.8 Å². The Morgan fingerprint density at radius 1 is 1.30 bits per heavy atom. The molecule has 1 aromatic heterocycles. The monoisotopic (exact) mass is 276 g/mol. The third-order valence-electron chi connectivity index (χ3n) is 2.73. The zero-order chi connectivity index (χ0) is 14.7. The van der Waals surface area contributed by atoms with Crippen molar-refractivity contribution < 1.29 is 28.6 Å². The summed E-state index contributed by atoms with van der Waals surface area (Å²) in [5.41, 5.74) is 0.184. The molecule has 20 heavy (non-hydrogen) atoms. The summed E-state index contributed by atoms with van der Waals surface area (Å²) in [7, 11) is 2.63. The van der Waals surface area contributed by atoms with E-state index in [1.54, 1.807) is 0 Å². The zero-order valence-electron chi connectivity index (χ0n) is 10.9. The van der Waals surface area contributed by atoms with E-state index in [-0.39, 0.29) is 28.4 Å². The second-order valence-electron chi connectivity index (χ2n) is 3.88. The van der Waals surface area contributed by atoms with E-state index < -0.39 is 5.97 Å². The van der Waals surface area contributed by atoms with Gasteiger partial charge in [-0.3, -0.25) is 4.79 Å². The number of aromatic hydroxyl groups is 1. The molecule has 2 rings (SSSR count). The molecule has 0 aliphatic heterocycles. The molecule has 6 heteroatoms. The highest BCUT2D eigenvalue weighted by Gasteiger charge is 2.20. The first-order valence-corrected chi connectivity index (χ1v) is 5.65. The lowest BCUT2D eigenvalue weighted by Crippen LogP contribution is -2.03. The van der Waals surface area contributed by atoms with Crippen LogP contribution in [0.25, 0.3) is 11.3 Å². The van der Waals surface area contributed by atoms with Gasteiger partial charge in [-0.1, -0.05) is 0 Å². The minimum atomic E-state index is -0.704. The van der Waals surface area contributed by atoms with Crippen molar-refractivity contribution in [3.8, 4) is 22.8 Å². The number of rotatable bonds is 4. The van der Waals surface area contributed by atoms with Crippen LogP contribution in [-0.2, 0) is 4.74 Å². The number of methoxy groups -OCH3 is 2. The number of phenolic OH excluding ortho intramolecular Hbond substituents is 1. The summed E-state index contributed by atoms with van der Waals surface area (Å²) >= 11 is 0. The molecule has 0 radical (unpaired) electrons. The molecule has 0 aliphatic carbocycles. The maximum Gasteiger partial charge on any atom is 0.341 e. The van der Waals surface area contributed by atoms with Crippen molar-refractivity contribution in [3.05, 3.63) is 35.6 Å². The highest BCUT2D eigenvalue weighted by Crippen LogP contribution is 2.37. The van der Waals surface area contributed by atoms with Crippen LogP contribution in [0.15, 0.2) is 28.7 Å². The van der Waals surface area contributed by atoms with Crippen LogP contribution in [-0.4, -0.2) is 31.6 Å². The molecule has 0 fully saturated rings. The second kappa shape index (κ2) is 5.48. The minimum absolute atomic E-state index is 0.0501. The van der Waals surface area contributed by atoms with Gasteiger partial charge < -0.3 is 19.0 Å². The minimum Gasteiger partial charge on any atom is -0.506 e. The Balaban J connectivity index is 2.62. The van der Waals surface area contributed by atoms with Crippen LogP contribution in [0.2, 0.25) is 0 Å². The van der Waals surface area contributed by atoms with E-state index in [9.17, 15) is 14.7 Å². The van der Waals surface area contributed by atoms with E-state index in [2.05, 4.69) is 4.74 Å². The summed E-state index contributed by atoms with van der Waals surface area (Å²) in [5, 5.41) is 10.1. The number of furan rings is 1. The first-order chi connectivity index (χ1) is 9.60. The predicted octanol–water partition coefficient (Wildman–Crippen LogP) is 2.26. The quantitative estimate of drug-likeness (QED) is 0.681. The zero-order valence-corrected chi connectivity index (χ0v) is 10.9. The van der Waals surface area contributed by atoms with E-state index in [0.717, 1.165) is 0 Å². The summed E-state index contributed by atoms with van der Waals surface area (Å²) in [6.45, 7) is 0. The molecule has 0 atom stereocenters. The maximum absolute atomic E-state index is 11.6. The Bertz CT molecular complexity index is 656. The Hall–Kier alpha value is -2.76. The molecule has 1 aromatic carbocycles. The van der Waals surface area contributed by atoms with E-state index >= 15 is 0 Å². The number of carbonyl (C=O) groups excluding carboxylic acids is 2. The van der Waals surface area contributed by atoms with Crippen molar-refractivity contribution in [1.82, 2.24) is 0 Å². The Morgan fingerprint density at radius 2 is 2.05 bits per heavy atom. The fourth-order valence-electron chi connectivity index (χ4n) is 1.74. The van der Waals surface area contributed by atoms with Gasteiger partial charge in [0.05, 0.1) is 19.8 Å². The molecule has 1 heterocycles. The number of benzene rings is 1. The molecular weight excluding hydrogens is 264 g/mol. The second-order valence-corrected chi connectivity index (χ2v) is 3.88. The first kappa shape index (κ1) is 13.7. The van der Waals surface area contributed by atoms with Gasteiger partial charge in [0, 0.05) is 0 Å². The van der Waals surface area contributed by atoms with E-state index in [1.807, 2.05) is 0 Å². The summed E-state index contributed by atoms with van der Waals surface area (Å²) < 4.78 is 14.9. The van der Waals surface area contributed by atoms with Crippen molar-refractivity contribution in [2.24, 2.45) is 0 Å². The normalized spacial score (nSPS) is 10.1. The van der Waals surface area contributed by atoms with Crippen LogP contribution >= 0.6 is 0 Å². The van der Waals surface area contributed by atoms with Crippen LogP contribution < -0.4 is 4.74 Å². The molecule has 104 valence electrons. The summed E-state index contributed by atoms with van der Waals surface area (Å²) in [5.74, 6) is -0.299. The summed E-state index contributed by atoms with van der Waals surface area (Å²) in [6.07, 6.45) is 0.544. The van der Waals surface area contributed by atoms with Gasteiger partial charge in [-0.2, -0.15) is 0 Å². The molecular formula is C14H12O6. The number of carbonyl (C=O) groups is 2. The molecule has 0 amide bonds. The number of hydrogen-bond donors (Lipinski definition) is 1. The summed E-state index contributed by atoms with van der Waals surface area (Å²) in [6, 6.07) is 5.82. The third-order valence-corrected chi connectivity index (χ3v) is 2.73. The largest absolute Gasteiger partial charge is 0.506 e. The molecule has 0 spiro atoms. The third kappa shape index (κ3) is 2.35. The fourth-order valence-corrected chi connectivity index (χ4v) is 1.74. The predicted molar refractivity (Wildman–Crippen MR) is 69.1 cm³/mol. The molecule has 2 aromatic rings. The number of phenols is 1. The highest BCUT2D eigenvalue weighted by atomic mass is 16.5. The van der Waals surface area contributed by atoms with Crippen molar-refractivity contribution in [3.63, 3.8) is 0 Å². The molecule has 1 N–H and O–H groups in total. The van der Waals surface area contributed by atoms with Gasteiger partial charge in [-0.25, -0.2) is 4.79 Å². The molecule has 0 aliphatic rings. The van der Waals surface area contributed by atoms with E-state index in [0.29, 0.717) is 12.0 Å². The van der Waals surface area contributed by atoms with Gasteiger partial charge in [0.2, 0.25) is 0 Å². The lowest BCUT2D eigenvalue weighted by Gasteiger charge is -2.09. The Morgan fingerprint density at radius 3 is 2.60 bits per heavy atom. The number of ether oxygens (including phenoxy) is 2. The van der Waals surface area contributed by atoms with Crippen molar-refractivity contribution in [1.29, 1.82) is 0 Å². The lowest BCUT2D eigenvalue weighted by molar-refractivity contribution is 0.0597. The van der Waals surface area contributed by atoms with E-state index in [4.69, 9.17) is 9.15 Å². The van der Waals surface area contributed by atoms with Gasteiger partial charge in [0.25, 0.3) is 0 Å². The van der Waals surface area contributed by atoms with Crippen molar-refractivity contribution in [2.75, 3.05) is 14.2 Å². The topological polar surface area (TPSA) is 86.0 Å². The summed E-state index contributed by atoms with van der Waals surface area (Å²) in [4.78, 5) is 22.2. The van der Waals surface area contributed by atoms with Crippen molar-refractivity contribution >= 4 is 12.3 Å². The van der Waals surface area contributed by atoms with Gasteiger partial charge in [-0.15, -0.1) is 0 Å². The average Bonchev–Trinajstić information content (AvgIpc) is 2.95. The maximum atomic E-state index is 11.6. The molecule has 0 unspecified atom stereocenters. The standard InChI is InChI=1S/C14H12O6/c1-18-9-5-10(12-4-3-8(7-15)20-12)13(16)11(6-9)14(17)19-2/h3-7,16H,1-2H3. The van der Waals surface area contributed by atoms with E-state index in [1.165, 1.54) is 38.5 Å². The van der Waals surface area contributed by atoms with Crippen molar-refractivity contribution in [2.45, 2.75) is 0 Å². The highest BCUT2D eigenvalue weighted by molar-refractivity contribution is 5.96. The smallest absolute Gasteiger partial charge is 0.341 e. The Labute approximate surface area is 114 Å². The van der Waals surface area contributed by atoms with Gasteiger partial charge in [-0.05, 0) is 24.3 Å². The number of aldehydes is 1. The SMILES string of the molecule is COC(=O)c1cc(OC)cc(-c2ccc(C=O)o2)c1O. The van der Waals surface area contributed by atoms with Gasteiger partial charge >= 0.3 is 5.97 Å². The molecule has 0 saturated heterocycles. The first-order valence-electron chi connectivity index (χ1n) is 5.65. The van der Waals surface area contributed by atoms with Crippen LogP contribution in [0.5, 0.6) is 11.5 Å². The molecule has 0 bridgehead atoms. The van der Waals surface area contributed by atoms with Crippen LogP contribution in [0.4, 0.5) is 0 Å². The van der Waals surface area contributed by atoms with Gasteiger partial charge in [0.15, 0.2) is 12.0 Å². The average molecular weight is 276 g/mol. The fraction of sp³-hybridized carbons (Fsp3) is 0.143. The number of esters is 1. The molecule has 6 nitrogen and oxygen atoms in total. The van der Waals surface area contributed by atoms with Crippen LogP contribution in [0.1, 0.15) is 20.9 Å². The Kier molecular flexibility index (Phi) is 3.74. The van der Waals surface area contributed by atoms with Crippen LogP contribution in [0.3, 0.4) is 0 Å². The molecule has 0 saturated carbocycles. The number of hydrogen-bond acceptors (Lipinski definition) is 6.